The van der Waals surface area contributed by atoms with E-state index < -0.39 is 9.84 Å². The van der Waals surface area contributed by atoms with Gasteiger partial charge < -0.3 is 5.32 Å². The van der Waals surface area contributed by atoms with E-state index in [1.54, 1.807) is 19.1 Å². The first-order chi connectivity index (χ1) is 8.13. The zero-order chi connectivity index (χ0) is 12.3. The molecule has 1 aromatic carbocycles. The van der Waals surface area contributed by atoms with Crippen LogP contribution in [0.2, 0.25) is 0 Å². The van der Waals surface area contributed by atoms with Gasteiger partial charge in [-0.15, -0.1) is 0 Å². The molecule has 4 heteroatoms. The van der Waals surface area contributed by atoms with Gasteiger partial charge in [0.25, 0.3) is 0 Å². The molecule has 0 spiro atoms. The van der Waals surface area contributed by atoms with Crippen molar-refractivity contribution in [1.29, 1.82) is 0 Å². The minimum absolute atomic E-state index is 0.134. The number of anilines is 1. The smallest absolute Gasteiger partial charge is 0.180 e. The highest BCUT2D eigenvalue weighted by molar-refractivity contribution is 7.91. The molecule has 0 fully saturated rings. The van der Waals surface area contributed by atoms with Crippen molar-refractivity contribution in [3.63, 3.8) is 0 Å². The molecule has 0 aromatic heterocycles. The molecule has 0 amide bonds. The Morgan fingerprint density at radius 1 is 1.24 bits per heavy atom. The van der Waals surface area contributed by atoms with Crippen molar-refractivity contribution >= 4 is 15.5 Å². The molecule has 0 saturated heterocycles. The Balaban J connectivity index is 2.27. The summed E-state index contributed by atoms with van der Waals surface area (Å²) in [5, 5.41) is 3.31. The van der Waals surface area contributed by atoms with E-state index in [0.29, 0.717) is 10.9 Å². The normalized spacial score (nSPS) is 16.3. The second kappa shape index (κ2) is 4.92. The molecule has 0 aliphatic heterocycles. The van der Waals surface area contributed by atoms with Crippen molar-refractivity contribution in [2.45, 2.75) is 30.7 Å². The highest BCUT2D eigenvalue weighted by atomic mass is 32.2. The third kappa shape index (κ3) is 2.69. The zero-order valence-electron chi connectivity index (χ0n) is 9.89. The predicted octanol–water partition coefficient (Wildman–Crippen LogP) is 2.61. The Kier molecular flexibility index (Phi) is 3.52. The van der Waals surface area contributed by atoms with Gasteiger partial charge in [-0.2, -0.15) is 0 Å². The molecule has 0 radical (unpaired) electrons. The molecule has 1 aromatic rings. The van der Waals surface area contributed by atoms with Crippen molar-refractivity contribution in [3.8, 4) is 0 Å². The molecule has 3 nitrogen and oxygen atoms in total. The first kappa shape index (κ1) is 12.2. The van der Waals surface area contributed by atoms with Crippen LogP contribution < -0.4 is 5.32 Å². The van der Waals surface area contributed by atoms with E-state index in [0.717, 1.165) is 18.5 Å². The van der Waals surface area contributed by atoms with Crippen molar-refractivity contribution in [1.82, 2.24) is 0 Å². The summed E-state index contributed by atoms with van der Waals surface area (Å²) < 4.78 is 23.9. The van der Waals surface area contributed by atoms with E-state index in [2.05, 4.69) is 17.5 Å². The maximum absolute atomic E-state index is 11.9. The van der Waals surface area contributed by atoms with Crippen LogP contribution >= 0.6 is 0 Å². The molecular formula is C13H17NO2S. The monoisotopic (exact) mass is 251 g/mol. The lowest BCUT2D eigenvalue weighted by Gasteiger charge is -2.16. The van der Waals surface area contributed by atoms with Crippen LogP contribution in [0.4, 0.5) is 5.69 Å². The van der Waals surface area contributed by atoms with Gasteiger partial charge in [-0.3, -0.25) is 0 Å². The van der Waals surface area contributed by atoms with E-state index >= 15 is 0 Å². The lowest BCUT2D eigenvalue weighted by Crippen LogP contribution is -2.17. The Labute approximate surface area is 102 Å². The standard InChI is InChI=1S/C13H17NO2S/c1-2-17(15,16)13-10-6-5-9-12(13)14-11-7-3-4-8-11/h3-6,9-11,14H,2,7-8H2,1H3. The van der Waals surface area contributed by atoms with Crippen LogP contribution in [0.5, 0.6) is 0 Å². The van der Waals surface area contributed by atoms with Crippen LogP contribution in [0.3, 0.4) is 0 Å². The molecule has 92 valence electrons. The van der Waals surface area contributed by atoms with Gasteiger partial charge in [0, 0.05) is 6.04 Å². The van der Waals surface area contributed by atoms with Gasteiger partial charge in [0.1, 0.15) is 0 Å². The lowest BCUT2D eigenvalue weighted by atomic mass is 10.2. The quantitative estimate of drug-likeness (QED) is 0.837. The molecule has 0 heterocycles. The largest absolute Gasteiger partial charge is 0.381 e. The molecule has 2 rings (SSSR count). The van der Waals surface area contributed by atoms with Crippen molar-refractivity contribution in [3.05, 3.63) is 36.4 Å². The first-order valence-corrected chi connectivity index (χ1v) is 7.52. The molecule has 0 atom stereocenters. The predicted molar refractivity (Wildman–Crippen MR) is 70.0 cm³/mol. The lowest BCUT2D eigenvalue weighted by molar-refractivity contribution is 0.597. The van der Waals surface area contributed by atoms with Crippen LogP contribution in [0.1, 0.15) is 19.8 Å². The number of hydrogen-bond donors (Lipinski definition) is 1. The fraction of sp³-hybridized carbons (Fsp3) is 0.385. The highest BCUT2D eigenvalue weighted by Crippen LogP contribution is 2.25. The molecule has 0 saturated carbocycles. The number of para-hydroxylation sites is 1. The minimum atomic E-state index is -3.15. The van der Waals surface area contributed by atoms with Crippen LogP contribution in [-0.2, 0) is 9.84 Å². The van der Waals surface area contributed by atoms with Gasteiger partial charge in [0.2, 0.25) is 0 Å². The van der Waals surface area contributed by atoms with Crippen LogP contribution in [0.15, 0.2) is 41.3 Å². The Morgan fingerprint density at radius 3 is 2.53 bits per heavy atom. The van der Waals surface area contributed by atoms with Crippen LogP contribution in [-0.4, -0.2) is 20.2 Å². The molecule has 17 heavy (non-hydrogen) atoms. The molecule has 1 N–H and O–H groups in total. The Hall–Kier alpha value is -1.29. The SMILES string of the molecule is CCS(=O)(=O)c1ccccc1NC1CC=CC1. The summed E-state index contributed by atoms with van der Waals surface area (Å²) in [6.07, 6.45) is 6.16. The summed E-state index contributed by atoms with van der Waals surface area (Å²) >= 11 is 0. The van der Waals surface area contributed by atoms with Gasteiger partial charge in [-0.1, -0.05) is 31.2 Å². The highest BCUT2D eigenvalue weighted by Gasteiger charge is 2.18. The van der Waals surface area contributed by atoms with E-state index in [1.165, 1.54) is 0 Å². The minimum Gasteiger partial charge on any atom is -0.381 e. The summed E-state index contributed by atoms with van der Waals surface area (Å²) in [6, 6.07) is 7.45. The third-order valence-electron chi connectivity index (χ3n) is 2.97. The maximum atomic E-state index is 11.9. The average Bonchev–Trinajstić information content (AvgIpc) is 2.82. The van der Waals surface area contributed by atoms with E-state index in [-0.39, 0.29) is 5.75 Å². The summed E-state index contributed by atoms with van der Waals surface area (Å²) in [5.74, 6) is 0.134. The van der Waals surface area contributed by atoms with Crippen molar-refractivity contribution < 1.29 is 8.42 Å². The second-order valence-electron chi connectivity index (χ2n) is 4.18. The summed E-state index contributed by atoms with van der Waals surface area (Å²) in [6.45, 7) is 1.67. The molecular weight excluding hydrogens is 234 g/mol. The zero-order valence-corrected chi connectivity index (χ0v) is 10.7. The Bertz CT molecular complexity index is 512. The van der Waals surface area contributed by atoms with Gasteiger partial charge in [0.05, 0.1) is 16.3 Å². The fourth-order valence-electron chi connectivity index (χ4n) is 1.97. The van der Waals surface area contributed by atoms with Crippen molar-refractivity contribution in [2.75, 3.05) is 11.1 Å². The van der Waals surface area contributed by atoms with E-state index in [9.17, 15) is 8.42 Å². The third-order valence-corrected chi connectivity index (χ3v) is 4.76. The van der Waals surface area contributed by atoms with Gasteiger partial charge >= 0.3 is 0 Å². The fourth-order valence-corrected chi connectivity index (χ4v) is 3.03. The van der Waals surface area contributed by atoms with Gasteiger partial charge in [-0.25, -0.2) is 8.42 Å². The topological polar surface area (TPSA) is 46.2 Å². The van der Waals surface area contributed by atoms with E-state index in [1.807, 2.05) is 12.1 Å². The van der Waals surface area contributed by atoms with Gasteiger partial charge in [-0.05, 0) is 25.0 Å². The van der Waals surface area contributed by atoms with Crippen molar-refractivity contribution in [2.24, 2.45) is 0 Å². The molecule has 1 aliphatic rings. The summed E-state index contributed by atoms with van der Waals surface area (Å²) in [4.78, 5) is 0.411. The van der Waals surface area contributed by atoms with E-state index in [4.69, 9.17) is 0 Å². The number of hydrogen-bond acceptors (Lipinski definition) is 3. The maximum Gasteiger partial charge on any atom is 0.180 e. The number of benzene rings is 1. The number of rotatable bonds is 4. The Morgan fingerprint density at radius 2 is 1.88 bits per heavy atom. The molecule has 1 aliphatic carbocycles. The molecule has 0 unspecified atom stereocenters. The van der Waals surface area contributed by atoms with Gasteiger partial charge in [0.15, 0.2) is 9.84 Å². The first-order valence-electron chi connectivity index (χ1n) is 5.87. The summed E-state index contributed by atoms with van der Waals surface area (Å²) in [5.41, 5.74) is 0.725. The average molecular weight is 251 g/mol. The number of nitrogens with one attached hydrogen (secondary N) is 1. The van der Waals surface area contributed by atoms with Crippen LogP contribution in [0.25, 0.3) is 0 Å². The second-order valence-corrected chi connectivity index (χ2v) is 6.43. The number of sulfone groups is 1. The molecule has 0 bridgehead atoms. The van der Waals surface area contributed by atoms with Crippen LogP contribution in [0, 0.1) is 0 Å². The summed E-state index contributed by atoms with van der Waals surface area (Å²) in [7, 11) is -3.15.